The topological polar surface area (TPSA) is 102 Å². The molecule has 9 nitrogen and oxygen atoms in total. The van der Waals surface area contributed by atoms with Crippen molar-refractivity contribution in [3.05, 3.63) is 64.2 Å². The van der Waals surface area contributed by atoms with Crippen LogP contribution in [0, 0.1) is 5.82 Å². The first-order valence-electron chi connectivity index (χ1n) is 11.6. The summed E-state index contributed by atoms with van der Waals surface area (Å²) in [6, 6.07) is 11.4. The third kappa shape index (κ3) is 3.79. The second kappa shape index (κ2) is 8.38. The van der Waals surface area contributed by atoms with Gasteiger partial charge >= 0.3 is 6.09 Å². The van der Waals surface area contributed by atoms with Crippen molar-refractivity contribution in [1.82, 2.24) is 9.88 Å². The smallest absolute Gasteiger partial charge is 0.414 e. The van der Waals surface area contributed by atoms with Gasteiger partial charge in [-0.15, -0.1) is 0 Å². The Kier molecular flexibility index (Phi) is 5.18. The van der Waals surface area contributed by atoms with E-state index in [1.807, 2.05) is 0 Å². The fourth-order valence-electron chi connectivity index (χ4n) is 5.10. The number of nitrogens with zero attached hydrogens (tertiary/aromatic N) is 2. The Morgan fingerprint density at radius 3 is 2.86 bits per heavy atom. The van der Waals surface area contributed by atoms with Crippen LogP contribution in [0.15, 0.2) is 47.3 Å². The second-order valence-electron chi connectivity index (χ2n) is 8.99. The maximum absolute atomic E-state index is 14.4. The van der Waals surface area contributed by atoms with Crippen LogP contribution in [0.2, 0.25) is 0 Å². The number of aromatic nitrogens is 1. The van der Waals surface area contributed by atoms with Gasteiger partial charge in [-0.1, -0.05) is 0 Å². The lowest BCUT2D eigenvalue weighted by atomic mass is 10.1. The van der Waals surface area contributed by atoms with Crippen molar-refractivity contribution >= 4 is 34.3 Å². The van der Waals surface area contributed by atoms with Crippen molar-refractivity contribution in [3.8, 4) is 5.75 Å². The van der Waals surface area contributed by atoms with Crippen LogP contribution in [-0.4, -0.2) is 48.9 Å². The molecule has 1 aromatic heterocycles. The van der Waals surface area contributed by atoms with Crippen LogP contribution >= 0.6 is 0 Å². The third-order valence-corrected chi connectivity index (χ3v) is 6.75. The molecule has 35 heavy (non-hydrogen) atoms. The van der Waals surface area contributed by atoms with Crippen LogP contribution < -0.4 is 25.8 Å². The lowest BCUT2D eigenvalue weighted by Gasteiger charge is -2.20. The maximum atomic E-state index is 14.4. The Labute approximate surface area is 199 Å². The van der Waals surface area contributed by atoms with E-state index in [-0.39, 0.29) is 36.0 Å². The van der Waals surface area contributed by atoms with Gasteiger partial charge in [-0.05, 0) is 61.2 Å². The van der Waals surface area contributed by atoms with Crippen LogP contribution in [0.4, 0.5) is 20.6 Å². The standard InChI is InChI=1S/C25H23FN4O5/c26-19-4-1-14-2-6-23(32)30-16(9-18(19)24(14)30)11-27-8-7-17-12-29(25(33)35-17)15-3-5-21-20(10-15)28-22(31)13-34-21/h1-6,10,16-17,27H,7-9,11-13H2,(H,28,31)/t16?,17-/m0/s1. The molecule has 3 aliphatic rings. The highest BCUT2D eigenvalue weighted by atomic mass is 19.1. The van der Waals surface area contributed by atoms with Gasteiger partial charge in [-0.2, -0.15) is 0 Å². The van der Waals surface area contributed by atoms with Crippen LogP contribution in [0.3, 0.4) is 0 Å². The van der Waals surface area contributed by atoms with Gasteiger partial charge < -0.3 is 24.7 Å². The number of carbonyl (C=O) groups is 2. The van der Waals surface area contributed by atoms with Crippen LogP contribution in [0.25, 0.3) is 10.9 Å². The number of cyclic esters (lactones) is 1. The number of carbonyl (C=O) groups excluding carboxylic acids is 2. The number of hydrogen-bond donors (Lipinski definition) is 2. The minimum Gasteiger partial charge on any atom is -0.482 e. The number of halogens is 1. The van der Waals surface area contributed by atoms with Gasteiger partial charge in [0, 0.05) is 23.9 Å². The molecule has 0 spiro atoms. The summed E-state index contributed by atoms with van der Waals surface area (Å²) < 4.78 is 26.9. The van der Waals surface area contributed by atoms with Crippen molar-refractivity contribution in [2.24, 2.45) is 0 Å². The summed E-state index contributed by atoms with van der Waals surface area (Å²) in [7, 11) is 0. The lowest BCUT2D eigenvalue weighted by molar-refractivity contribution is -0.118. The summed E-state index contributed by atoms with van der Waals surface area (Å²) in [5.74, 6) is 0.0326. The highest BCUT2D eigenvalue weighted by Crippen LogP contribution is 2.34. The van der Waals surface area contributed by atoms with Crippen molar-refractivity contribution in [3.63, 3.8) is 0 Å². The fourth-order valence-corrected chi connectivity index (χ4v) is 5.10. The summed E-state index contributed by atoms with van der Waals surface area (Å²) >= 11 is 0. The number of rotatable bonds is 6. The van der Waals surface area contributed by atoms with E-state index in [4.69, 9.17) is 9.47 Å². The summed E-state index contributed by atoms with van der Waals surface area (Å²) in [6.07, 6.45) is 0.291. The number of hydrogen-bond acceptors (Lipinski definition) is 6. The molecule has 10 heteroatoms. The lowest BCUT2D eigenvalue weighted by Crippen LogP contribution is -2.32. The highest BCUT2D eigenvalue weighted by molar-refractivity contribution is 5.97. The van der Waals surface area contributed by atoms with E-state index in [2.05, 4.69) is 10.6 Å². The van der Waals surface area contributed by atoms with Gasteiger partial charge in [0.05, 0.1) is 23.8 Å². The SMILES string of the molecule is O=C1COc2ccc(N3C[C@H](CCNCC4Cc5c(F)ccc6ccc(=O)n4c56)OC3=O)cc2N1. The van der Waals surface area contributed by atoms with Gasteiger partial charge in [-0.3, -0.25) is 14.5 Å². The van der Waals surface area contributed by atoms with E-state index in [1.165, 1.54) is 17.0 Å². The van der Waals surface area contributed by atoms with Gasteiger partial charge in [0.2, 0.25) is 0 Å². The molecular weight excluding hydrogens is 455 g/mol. The van der Waals surface area contributed by atoms with Crippen LogP contribution in [0.5, 0.6) is 5.75 Å². The van der Waals surface area contributed by atoms with Gasteiger partial charge in [-0.25, -0.2) is 9.18 Å². The molecule has 6 rings (SSSR count). The van der Waals surface area contributed by atoms with E-state index in [9.17, 15) is 18.8 Å². The fraction of sp³-hybridized carbons (Fsp3) is 0.320. The van der Waals surface area contributed by atoms with Crippen molar-refractivity contribution in [2.75, 3.05) is 36.5 Å². The zero-order valence-electron chi connectivity index (χ0n) is 18.8. The van der Waals surface area contributed by atoms with E-state index in [1.54, 1.807) is 34.9 Å². The minimum absolute atomic E-state index is 0.0289. The van der Waals surface area contributed by atoms with Gasteiger partial charge in [0.1, 0.15) is 17.7 Å². The average Bonchev–Trinajstić information content (AvgIpc) is 3.42. The first kappa shape index (κ1) is 21.6. The molecule has 0 aliphatic carbocycles. The number of fused-ring (bicyclic) bond motifs is 1. The Hall–Kier alpha value is -3.92. The molecule has 3 aliphatic heterocycles. The predicted molar refractivity (Wildman–Crippen MR) is 127 cm³/mol. The summed E-state index contributed by atoms with van der Waals surface area (Å²) in [6.45, 7) is 1.42. The highest BCUT2D eigenvalue weighted by Gasteiger charge is 2.33. The maximum Gasteiger partial charge on any atom is 0.414 e. The largest absolute Gasteiger partial charge is 0.482 e. The Bertz CT molecular complexity index is 1420. The zero-order chi connectivity index (χ0) is 24.1. The molecule has 2 aromatic carbocycles. The van der Waals surface area contributed by atoms with Crippen LogP contribution in [0.1, 0.15) is 18.0 Å². The molecule has 1 fully saturated rings. The normalized spacial score (nSPS) is 20.5. The first-order chi connectivity index (χ1) is 17.0. The summed E-state index contributed by atoms with van der Waals surface area (Å²) in [5, 5.41) is 6.93. The molecular formula is C25H23FN4O5. The Morgan fingerprint density at radius 2 is 1.97 bits per heavy atom. The first-order valence-corrected chi connectivity index (χ1v) is 11.6. The number of benzene rings is 2. The molecule has 2 amide bonds. The summed E-state index contributed by atoms with van der Waals surface area (Å²) in [4.78, 5) is 38.1. The zero-order valence-corrected chi connectivity index (χ0v) is 18.8. The molecule has 0 saturated carbocycles. The van der Waals surface area contributed by atoms with Crippen molar-refractivity contribution in [2.45, 2.75) is 25.0 Å². The minimum atomic E-state index is -0.446. The average molecular weight is 478 g/mol. The molecule has 4 heterocycles. The number of anilines is 2. The molecule has 2 atom stereocenters. The molecule has 0 radical (unpaired) electrons. The quantitative estimate of drug-likeness (QED) is 0.528. The molecule has 1 unspecified atom stereocenters. The van der Waals surface area contributed by atoms with Gasteiger partial charge in [0.15, 0.2) is 6.61 Å². The number of pyridine rings is 1. The number of nitrogens with one attached hydrogen (secondary N) is 2. The van der Waals surface area contributed by atoms with E-state index in [0.29, 0.717) is 60.7 Å². The molecule has 0 bridgehead atoms. The molecule has 3 aromatic rings. The number of amides is 2. The van der Waals surface area contributed by atoms with Crippen molar-refractivity contribution < 1.29 is 23.5 Å². The monoisotopic (exact) mass is 478 g/mol. The van der Waals surface area contributed by atoms with Crippen LogP contribution in [-0.2, 0) is 16.0 Å². The molecule has 180 valence electrons. The van der Waals surface area contributed by atoms with E-state index < -0.39 is 6.09 Å². The van der Waals surface area contributed by atoms with Crippen molar-refractivity contribution in [1.29, 1.82) is 0 Å². The van der Waals surface area contributed by atoms with E-state index >= 15 is 0 Å². The Morgan fingerprint density at radius 1 is 1.11 bits per heavy atom. The Balaban J connectivity index is 1.06. The summed E-state index contributed by atoms with van der Waals surface area (Å²) in [5.41, 5.74) is 2.26. The number of ether oxygens (including phenoxy) is 2. The molecule has 2 N–H and O–H groups in total. The molecule has 1 saturated heterocycles. The second-order valence-corrected chi connectivity index (χ2v) is 8.99. The third-order valence-electron chi connectivity index (χ3n) is 6.75. The predicted octanol–water partition coefficient (Wildman–Crippen LogP) is 2.57. The van der Waals surface area contributed by atoms with Gasteiger partial charge in [0.25, 0.3) is 11.5 Å². The van der Waals surface area contributed by atoms with E-state index in [0.717, 1.165) is 5.39 Å².